The molecule has 0 fully saturated rings. The van der Waals surface area contributed by atoms with Crippen LogP contribution in [-0.2, 0) is 4.79 Å². The molecule has 0 bridgehead atoms. The van der Waals surface area contributed by atoms with Crippen molar-refractivity contribution in [3.05, 3.63) is 24.3 Å². The highest BCUT2D eigenvalue weighted by molar-refractivity contribution is 7.99. The van der Waals surface area contributed by atoms with Crippen molar-refractivity contribution in [3.63, 3.8) is 0 Å². The Labute approximate surface area is 101 Å². The van der Waals surface area contributed by atoms with Crippen LogP contribution in [0.25, 0.3) is 0 Å². The van der Waals surface area contributed by atoms with Crippen molar-refractivity contribution in [2.45, 2.75) is 31.2 Å². The lowest BCUT2D eigenvalue weighted by Gasteiger charge is -2.10. The van der Waals surface area contributed by atoms with Gasteiger partial charge in [-0.2, -0.15) is 0 Å². The minimum atomic E-state index is -0.106. The molecule has 88 valence electrons. The fraction of sp³-hybridized carbons (Fsp3) is 0.417. The molecular formula is C12H18N2OS. The van der Waals surface area contributed by atoms with Crippen LogP contribution in [0.3, 0.4) is 0 Å². The van der Waals surface area contributed by atoms with Crippen molar-refractivity contribution in [3.8, 4) is 0 Å². The van der Waals surface area contributed by atoms with Crippen LogP contribution in [0, 0.1) is 0 Å². The van der Waals surface area contributed by atoms with Crippen molar-refractivity contribution < 1.29 is 4.79 Å². The van der Waals surface area contributed by atoms with Gasteiger partial charge in [-0.15, -0.1) is 11.8 Å². The molecule has 1 aromatic rings. The Balaban J connectivity index is 2.68. The highest BCUT2D eigenvalue weighted by Crippen LogP contribution is 2.26. The molecule has 0 aliphatic heterocycles. The second-order valence-corrected chi connectivity index (χ2v) is 4.96. The molecule has 0 saturated heterocycles. The lowest BCUT2D eigenvalue weighted by Crippen LogP contribution is -2.24. The predicted octanol–water partition coefficient (Wildman–Crippen LogP) is 2.47. The maximum atomic E-state index is 11.6. The highest BCUT2D eigenvalue weighted by atomic mass is 32.2. The summed E-state index contributed by atoms with van der Waals surface area (Å²) in [5.41, 5.74) is 6.45. The molecule has 1 aromatic carbocycles. The first-order valence-electron chi connectivity index (χ1n) is 5.40. The van der Waals surface area contributed by atoms with Crippen LogP contribution in [0.4, 0.5) is 5.69 Å². The zero-order valence-electron chi connectivity index (χ0n) is 9.69. The van der Waals surface area contributed by atoms with Crippen LogP contribution in [0.15, 0.2) is 29.2 Å². The third-order valence-corrected chi connectivity index (χ3v) is 2.92. The molecule has 3 nitrogen and oxygen atoms in total. The molecule has 0 spiro atoms. The first kappa shape index (κ1) is 13.1. The molecular weight excluding hydrogens is 220 g/mol. The summed E-state index contributed by atoms with van der Waals surface area (Å²) in [6.07, 6.45) is 0.352. The minimum absolute atomic E-state index is 0.0286. The molecule has 0 aliphatic carbocycles. The number of hydrogen-bond donors (Lipinski definition) is 2. The number of rotatable bonds is 5. The van der Waals surface area contributed by atoms with E-state index in [4.69, 9.17) is 5.73 Å². The molecule has 1 amide bonds. The molecule has 1 rings (SSSR count). The van der Waals surface area contributed by atoms with Crippen LogP contribution in [0.5, 0.6) is 0 Å². The van der Waals surface area contributed by atoms with E-state index in [0.717, 1.165) is 16.3 Å². The number of thioether (sulfide) groups is 1. The van der Waals surface area contributed by atoms with Gasteiger partial charge in [0.05, 0.1) is 5.69 Å². The van der Waals surface area contributed by atoms with Crippen molar-refractivity contribution in [1.82, 2.24) is 0 Å². The van der Waals surface area contributed by atoms with E-state index in [1.807, 2.05) is 31.2 Å². The molecule has 4 heteroatoms. The van der Waals surface area contributed by atoms with Gasteiger partial charge in [0.25, 0.3) is 0 Å². The number of hydrogen-bond acceptors (Lipinski definition) is 3. The zero-order valence-corrected chi connectivity index (χ0v) is 10.5. The van der Waals surface area contributed by atoms with E-state index >= 15 is 0 Å². The van der Waals surface area contributed by atoms with Crippen molar-refractivity contribution in [2.75, 3.05) is 11.1 Å². The van der Waals surface area contributed by atoms with Gasteiger partial charge in [0, 0.05) is 17.4 Å². The van der Waals surface area contributed by atoms with E-state index in [0.29, 0.717) is 6.42 Å². The summed E-state index contributed by atoms with van der Waals surface area (Å²) in [6.45, 7) is 3.91. The number of anilines is 1. The Morgan fingerprint density at radius 1 is 1.50 bits per heavy atom. The number of benzene rings is 1. The third-order valence-electron chi connectivity index (χ3n) is 1.97. The van der Waals surface area contributed by atoms with Crippen molar-refractivity contribution in [2.24, 2.45) is 5.73 Å². The fourth-order valence-electron chi connectivity index (χ4n) is 1.34. The average molecular weight is 238 g/mol. The van der Waals surface area contributed by atoms with Gasteiger partial charge in [0.15, 0.2) is 0 Å². The SMILES string of the molecule is CCSc1ccccc1NC(=O)CC(C)N. The summed E-state index contributed by atoms with van der Waals surface area (Å²) in [6, 6.07) is 7.71. The first-order chi connectivity index (χ1) is 7.63. The number of amides is 1. The molecule has 0 heterocycles. The van der Waals surface area contributed by atoms with E-state index < -0.39 is 0 Å². The summed E-state index contributed by atoms with van der Waals surface area (Å²) >= 11 is 1.72. The Bertz CT molecular complexity index is 353. The zero-order chi connectivity index (χ0) is 12.0. The number of nitrogens with one attached hydrogen (secondary N) is 1. The standard InChI is InChI=1S/C12H18N2OS/c1-3-16-11-7-5-4-6-10(11)14-12(15)8-9(2)13/h4-7,9H,3,8,13H2,1-2H3,(H,14,15). The smallest absolute Gasteiger partial charge is 0.225 e. The van der Waals surface area contributed by atoms with Crippen LogP contribution in [0.1, 0.15) is 20.3 Å². The quantitative estimate of drug-likeness (QED) is 0.775. The second-order valence-electron chi connectivity index (χ2n) is 3.66. The predicted molar refractivity (Wildman–Crippen MR) is 69.7 cm³/mol. The van der Waals surface area contributed by atoms with Gasteiger partial charge >= 0.3 is 0 Å². The van der Waals surface area contributed by atoms with Crippen molar-refractivity contribution >= 4 is 23.4 Å². The van der Waals surface area contributed by atoms with E-state index in [1.165, 1.54) is 0 Å². The number of para-hydroxylation sites is 1. The van der Waals surface area contributed by atoms with Gasteiger partial charge in [-0.05, 0) is 24.8 Å². The minimum Gasteiger partial charge on any atom is -0.327 e. The molecule has 1 unspecified atom stereocenters. The number of nitrogens with two attached hydrogens (primary N) is 1. The maximum Gasteiger partial charge on any atom is 0.225 e. The van der Waals surface area contributed by atoms with Gasteiger partial charge in [-0.1, -0.05) is 19.1 Å². The highest BCUT2D eigenvalue weighted by Gasteiger charge is 2.08. The number of carbonyl (C=O) groups is 1. The molecule has 1 atom stereocenters. The molecule has 0 radical (unpaired) electrons. The van der Waals surface area contributed by atoms with Crippen LogP contribution < -0.4 is 11.1 Å². The van der Waals surface area contributed by atoms with Crippen molar-refractivity contribution in [1.29, 1.82) is 0 Å². The van der Waals surface area contributed by atoms with Gasteiger partial charge in [0.2, 0.25) is 5.91 Å². The molecule has 0 saturated carbocycles. The van der Waals surface area contributed by atoms with Gasteiger partial charge in [0.1, 0.15) is 0 Å². The fourth-order valence-corrected chi connectivity index (χ4v) is 2.11. The summed E-state index contributed by atoms with van der Waals surface area (Å²) in [5.74, 6) is 0.958. The first-order valence-corrected chi connectivity index (χ1v) is 6.39. The lowest BCUT2D eigenvalue weighted by molar-refractivity contribution is -0.116. The number of carbonyl (C=O) groups excluding carboxylic acids is 1. The summed E-state index contributed by atoms with van der Waals surface area (Å²) in [4.78, 5) is 12.7. The summed E-state index contributed by atoms with van der Waals surface area (Å²) in [5, 5.41) is 2.89. The molecule has 16 heavy (non-hydrogen) atoms. The molecule has 3 N–H and O–H groups in total. The van der Waals surface area contributed by atoms with Crippen LogP contribution in [-0.4, -0.2) is 17.7 Å². The third kappa shape index (κ3) is 4.24. The lowest BCUT2D eigenvalue weighted by atomic mass is 10.2. The van der Waals surface area contributed by atoms with Gasteiger partial charge in [-0.25, -0.2) is 0 Å². The van der Waals surface area contributed by atoms with E-state index in [9.17, 15) is 4.79 Å². The van der Waals surface area contributed by atoms with Crippen LogP contribution >= 0.6 is 11.8 Å². The van der Waals surface area contributed by atoms with Crippen LogP contribution in [0.2, 0.25) is 0 Å². The summed E-state index contributed by atoms with van der Waals surface area (Å²) < 4.78 is 0. The Hall–Kier alpha value is -1.00. The monoisotopic (exact) mass is 238 g/mol. The topological polar surface area (TPSA) is 55.1 Å². The second kappa shape index (κ2) is 6.55. The maximum absolute atomic E-state index is 11.6. The Morgan fingerprint density at radius 2 is 2.19 bits per heavy atom. The molecule has 0 aliphatic rings. The van der Waals surface area contributed by atoms with E-state index in [-0.39, 0.29) is 11.9 Å². The average Bonchev–Trinajstić information content (AvgIpc) is 2.20. The van der Waals surface area contributed by atoms with Gasteiger partial charge in [-0.3, -0.25) is 4.79 Å². The van der Waals surface area contributed by atoms with E-state index in [2.05, 4.69) is 12.2 Å². The normalized spacial score (nSPS) is 12.2. The summed E-state index contributed by atoms with van der Waals surface area (Å²) in [7, 11) is 0. The largest absolute Gasteiger partial charge is 0.327 e. The van der Waals surface area contributed by atoms with Gasteiger partial charge < -0.3 is 11.1 Å². The van der Waals surface area contributed by atoms with E-state index in [1.54, 1.807) is 11.8 Å². The Kier molecular flexibility index (Phi) is 5.35. The molecule has 0 aromatic heterocycles. The Morgan fingerprint density at radius 3 is 2.81 bits per heavy atom.